The first kappa shape index (κ1) is 19.5. The van der Waals surface area contributed by atoms with Gasteiger partial charge in [-0.3, -0.25) is 4.79 Å². The van der Waals surface area contributed by atoms with Crippen molar-refractivity contribution in [2.24, 2.45) is 5.10 Å². The van der Waals surface area contributed by atoms with Crippen molar-refractivity contribution in [2.45, 2.75) is 40.0 Å². The number of nitrogens with zero attached hydrogens (tertiary/aromatic N) is 1. The van der Waals surface area contributed by atoms with Crippen molar-refractivity contribution in [2.75, 3.05) is 6.61 Å². The number of hydrogen-bond donors (Lipinski definition) is 1. The number of rotatable bonds is 6. The van der Waals surface area contributed by atoms with E-state index >= 15 is 0 Å². The second-order valence-electron chi connectivity index (χ2n) is 7.14. The zero-order chi connectivity index (χ0) is 19.2. The minimum absolute atomic E-state index is 0.0806. The Morgan fingerprint density at radius 1 is 1.23 bits per heavy atom. The van der Waals surface area contributed by atoms with Gasteiger partial charge in [-0.1, -0.05) is 32.9 Å². The molecule has 138 valence electrons. The van der Waals surface area contributed by atoms with Gasteiger partial charge in [-0.05, 0) is 60.7 Å². The van der Waals surface area contributed by atoms with Gasteiger partial charge in [0, 0.05) is 6.21 Å². The van der Waals surface area contributed by atoms with Gasteiger partial charge in [0.05, 0.1) is 0 Å². The largest absolute Gasteiger partial charge is 0.483 e. The Morgan fingerprint density at radius 3 is 2.62 bits per heavy atom. The van der Waals surface area contributed by atoms with Gasteiger partial charge in [-0.15, -0.1) is 0 Å². The van der Waals surface area contributed by atoms with Crippen LogP contribution in [-0.4, -0.2) is 18.7 Å². The Morgan fingerprint density at radius 2 is 2.00 bits per heavy atom. The highest BCUT2D eigenvalue weighted by Gasteiger charge is 2.15. The molecule has 2 aromatic rings. The molecule has 1 amide bonds. The highest BCUT2D eigenvalue weighted by molar-refractivity contribution is 5.81. The first-order valence-electron chi connectivity index (χ1n) is 8.54. The number of hydrazone groups is 1. The molecule has 0 spiro atoms. The fraction of sp³-hybridized carbons (Fsp3) is 0.333. The summed E-state index contributed by atoms with van der Waals surface area (Å²) >= 11 is 0. The number of furan rings is 1. The first-order valence-corrected chi connectivity index (χ1v) is 8.54. The maximum atomic E-state index is 11.8. The number of nitrogens with one attached hydrogen (secondary N) is 1. The quantitative estimate of drug-likeness (QED) is 0.618. The molecule has 0 aliphatic carbocycles. The van der Waals surface area contributed by atoms with Crippen molar-refractivity contribution in [3.05, 3.63) is 59.1 Å². The monoisotopic (exact) mass is 354 g/mol. The van der Waals surface area contributed by atoms with E-state index in [1.807, 2.05) is 38.1 Å². The van der Waals surface area contributed by atoms with E-state index in [0.29, 0.717) is 5.75 Å². The van der Waals surface area contributed by atoms with Crippen molar-refractivity contribution in [1.82, 2.24) is 5.43 Å². The molecule has 1 aromatic heterocycles. The lowest BCUT2D eigenvalue weighted by Crippen LogP contribution is -2.24. The maximum absolute atomic E-state index is 11.8. The first-order chi connectivity index (χ1) is 12.3. The number of amides is 1. The van der Waals surface area contributed by atoms with Gasteiger partial charge < -0.3 is 9.15 Å². The molecule has 5 nitrogen and oxygen atoms in total. The molecule has 0 fully saturated rings. The minimum Gasteiger partial charge on any atom is -0.483 e. The van der Waals surface area contributed by atoms with Gasteiger partial charge in [0.25, 0.3) is 5.91 Å². The van der Waals surface area contributed by atoms with E-state index in [4.69, 9.17) is 9.15 Å². The molecule has 0 saturated heterocycles. The average Bonchev–Trinajstić information content (AvgIpc) is 2.98. The lowest BCUT2D eigenvalue weighted by molar-refractivity contribution is -0.123. The molecule has 1 N–H and O–H groups in total. The maximum Gasteiger partial charge on any atom is 0.277 e. The highest BCUT2D eigenvalue weighted by atomic mass is 16.5. The summed E-state index contributed by atoms with van der Waals surface area (Å²) in [6, 6.07) is 9.76. The summed E-state index contributed by atoms with van der Waals surface area (Å²) in [6.07, 6.45) is 4.94. The number of benzene rings is 1. The van der Waals surface area contributed by atoms with E-state index in [1.54, 1.807) is 12.2 Å². The smallest absolute Gasteiger partial charge is 0.277 e. The summed E-state index contributed by atoms with van der Waals surface area (Å²) in [5, 5.41) is 3.84. The molecule has 0 aliphatic rings. The van der Waals surface area contributed by atoms with Crippen molar-refractivity contribution < 1.29 is 13.9 Å². The topological polar surface area (TPSA) is 63.8 Å². The summed E-state index contributed by atoms with van der Waals surface area (Å²) in [7, 11) is 0. The standard InChI is InChI=1S/C21H26N2O3/c1-15-13-17(21(3,4)5)9-11-19(15)25-14-20(24)23-22-12-6-7-18-10-8-16(2)26-18/h6-13H,14H2,1-5H3,(H,23,24)/b7-6+,22-12+. The number of allylic oxidation sites excluding steroid dienone is 1. The Labute approximate surface area is 154 Å². The van der Waals surface area contributed by atoms with Crippen molar-refractivity contribution in [3.8, 4) is 5.75 Å². The van der Waals surface area contributed by atoms with Gasteiger partial charge >= 0.3 is 0 Å². The van der Waals surface area contributed by atoms with Crippen LogP contribution in [-0.2, 0) is 10.2 Å². The molecule has 0 bridgehead atoms. The second kappa shape index (κ2) is 8.52. The molecular weight excluding hydrogens is 328 g/mol. The Hall–Kier alpha value is -2.82. The third-order valence-electron chi connectivity index (χ3n) is 3.77. The van der Waals surface area contributed by atoms with E-state index in [2.05, 4.69) is 37.4 Å². The summed E-state index contributed by atoms with van der Waals surface area (Å²) < 4.78 is 11.0. The predicted octanol–water partition coefficient (Wildman–Crippen LogP) is 4.39. The Balaban J connectivity index is 1.80. The van der Waals surface area contributed by atoms with Gasteiger partial charge in [0.2, 0.25) is 0 Å². The van der Waals surface area contributed by atoms with E-state index in [9.17, 15) is 4.79 Å². The Bertz CT molecular complexity index is 811. The highest BCUT2D eigenvalue weighted by Crippen LogP contribution is 2.27. The predicted molar refractivity (Wildman–Crippen MR) is 104 cm³/mol. The van der Waals surface area contributed by atoms with Crippen molar-refractivity contribution in [1.29, 1.82) is 0 Å². The van der Waals surface area contributed by atoms with Crippen LogP contribution >= 0.6 is 0 Å². The zero-order valence-corrected chi connectivity index (χ0v) is 16.0. The van der Waals surface area contributed by atoms with Crippen LogP contribution < -0.4 is 10.2 Å². The van der Waals surface area contributed by atoms with Crippen molar-refractivity contribution in [3.63, 3.8) is 0 Å². The molecule has 0 radical (unpaired) electrons. The van der Waals surface area contributed by atoms with Gasteiger partial charge in [-0.25, -0.2) is 5.43 Å². The van der Waals surface area contributed by atoms with Gasteiger partial charge in [0.15, 0.2) is 6.61 Å². The number of hydrogen-bond acceptors (Lipinski definition) is 4. The van der Waals surface area contributed by atoms with Crippen LogP contribution in [0.3, 0.4) is 0 Å². The molecule has 0 unspecified atom stereocenters. The van der Waals surface area contributed by atoms with Crippen LogP contribution in [0.25, 0.3) is 6.08 Å². The average molecular weight is 354 g/mol. The molecule has 26 heavy (non-hydrogen) atoms. The summed E-state index contributed by atoms with van der Waals surface area (Å²) in [5.41, 5.74) is 4.74. The zero-order valence-electron chi connectivity index (χ0n) is 16.0. The number of aryl methyl sites for hydroxylation is 2. The number of carbonyl (C=O) groups excluding carboxylic acids is 1. The molecular formula is C21H26N2O3. The fourth-order valence-corrected chi connectivity index (χ4v) is 2.29. The Kier molecular flexibility index (Phi) is 6.39. The van der Waals surface area contributed by atoms with Crippen LogP contribution in [0, 0.1) is 13.8 Å². The summed E-state index contributed by atoms with van der Waals surface area (Å²) in [5.74, 6) is 1.96. The fourth-order valence-electron chi connectivity index (χ4n) is 2.29. The SMILES string of the molecule is Cc1ccc(/C=C/C=N/NC(=O)COc2ccc(C(C)(C)C)cc2C)o1. The molecule has 1 aromatic carbocycles. The third-order valence-corrected chi connectivity index (χ3v) is 3.77. The number of ether oxygens (including phenoxy) is 1. The third kappa shape index (κ3) is 5.92. The number of carbonyl (C=O) groups is 1. The van der Waals surface area contributed by atoms with E-state index in [1.165, 1.54) is 11.8 Å². The molecule has 1 heterocycles. The van der Waals surface area contributed by atoms with Crippen LogP contribution in [0.15, 0.2) is 45.9 Å². The van der Waals surface area contributed by atoms with E-state index in [-0.39, 0.29) is 17.9 Å². The lowest BCUT2D eigenvalue weighted by atomic mass is 9.86. The summed E-state index contributed by atoms with van der Waals surface area (Å²) in [6.45, 7) is 10.2. The molecule has 2 rings (SSSR count). The van der Waals surface area contributed by atoms with Crippen LogP contribution in [0.4, 0.5) is 0 Å². The molecule has 0 atom stereocenters. The van der Waals surface area contributed by atoms with Crippen molar-refractivity contribution >= 4 is 18.2 Å². The van der Waals surface area contributed by atoms with Crippen LogP contribution in [0.1, 0.15) is 43.4 Å². The second-order valence-corrected chi connectivity index (χ2v) is 7.14. The minimum atomic E-state index is -0.317. The van der Waals surface area contributed by atoms with Crippen LogP contribution in [0.5, 0.6) is 5.75 Å². The molecule has 5 heteroatoms. The molecule has 0 saturated carbocycles. The van der Waals surface area contributed by atoms with Gasteiger partial charge in [0.1, 0.15) is 17.3 Å². The normalized spacial score (nSPS) is 12.0. The van der Waals surface area contributed by atoms with Crippen LogP contribution in [0.2, 0.25) is 0 Å². The summed E-state index contributed by atoms with van der Waals surface area (Å²) in [4.78, 5) is 11.8. The van der Waals surface area contributed by atoms with E-state index < -0.39 is 0 Å². The lowest BCUT2D eigenvalue weighted by Gasteiger charge is -2.20. The van der Waals surface area contributed by atoms with Gasteiger partial charge in [-0.2, -0.15) is 5.10 Å². The molecule has 0 aliphatic heterocycles. The van der Waals surface area contributed by atoms with E-state index in [0.717, 1.165) is 17.1 Å².